The quantitative estimate of drug-likeness (QED) is 0.781. The van der Waals surface area contributed by atoms with Crippen molar-refractivity contribution < 1.29 is 19.4 Å². The van der Waals surface area contributed by atoms with Crippen LogP contribution in [0.25, 0.3) is 0 Å². The Labute approximate surface area is 124 Å². The molecular weight excluding hydrogens is 272 g/mol. The van der Waals surface area contributed by atoms with E-state index >= 15 is 0 Å². The summed E-state index contributed by atoms with van der Waals surface area (Å²) in [5, 5.41) is 9.19. The lowest BCUT2D eigenvalue weighted by molar-refractivity contribution is 0.0697. The molecule has 1 rings (SSSR count). The Bertz CT molecular complexity index is 516. The highest BCUT2D eigenvalue weighted by Crippen LogP contribution is 2.20. The van der Waals surface area contributed by atoms with Gasteiger partial charge in [-0.05, 0) is 12.1 Å². The van der Waals surface area contributed by atoms with Crippen LogP contribution < -0.4 is 4.90 Å². The van der Waals surface area contributed by atoms with Crippen LogP contribution in [0.3, 0.4) is 0 Å². The van der Waals surface area contributed by atoms with E-state index < -0.39 is 5.97 Å². The largest absolute Gasteiger partial charge is 0.478 e. The molecule has 0 aliphatic rings. The van der Waals surface area contributed by atoms with Gasteiger partial charge in [0.1, 0.15) is 0 Å². The summed E-state index contributed by atoms with van der Waals surface area (Å²) in [5.41, 5.74) is 0.431. The molecule has 6 heteroatoms. The third-order valence-electron chi connectivity index (χ3n) is 2.97. The summed E-state index contributed by atoms with van der Waals surface area (Å²) in [5.74, 6) is -1.07. The van der Waals surface area contributed by atoms with Crippen LogP contribution >= 0.6 is 0 Å². The van der Waals surface area contributed by atoms with Crippen molar-refractivity contribution in [1.82, 2.24) is 4.90 Å². The zero-order valence-corrected chi connectivity index (χ0v) is 12.3. The number of hydrogen-bond donors (Lipinski definition) is 1. The Morgan fingerprint density at radius 3 is 2.62 bits per heavy atom. The number of carboxylic acid groups (broad SMARTS) is 1. The third kappa shape index (κ3) is 4.32. The number of urea groups is 1. The number of hydrogen-bond acceptors (Lipinski definition) is 3. The molecule has 0 aromatic heterocycles. The summed E-state index contributed by atoms with van der Waals surface area (Å²) >= 11 is 0. The molecule has 6 nitrogen and oxygen atoms in total. The van der Waals surface area contributed by atoms with Gasteiger partial charge in [-0.3, -0.25) is 4.90 Å². The van der Waals surface area contributed by atoms with Crippen LogP contribution in [0.5, 0.6) is 0 Å². The van der Waals surface area contributed by atoms with Gasteiger partial charge < -0.3 is 14.7 Å². The van der Waals surface area contributed by atoms with Crippen molar-refractivity contribution in [2.24, 2.45) is 0 Å². The third-order valence-corrected chi connectivity index (χ3v) is 2.97. The molecule has 0 atom stereocenters. The Hall–Kier alpha value is -2.34. The second-order valence-corrected chi connectivity index (χ2v) is 4.39. The molecular formula is C15H20N2O4. The van der Waals surface area contributed by atoms with Gasteiger partial charge >= 0.3 is 12.0 Å². The first kappa shape index (κ1) is 16.7. The molecule has 0 fully saturated rings. The number of nitrogens with zero attached hydrogens (tertiary/aromatic N) is 2. The second-order valence-electron chi connectivity index (χ2n) is 4.39. The Morgan fingerprint density at radius 1 is 1.38 bits per heavy atom. The summed E-state index contributed by atoms with van der Waals surface area (Å²) in [7, 11) is 3.10. The Morgan fingerprint density at radius 2 is 2.05 bits per heavy atom. The standard InChI is InChI=1S/C15H20N2O4/c1-4-9-17(10-11-21-3)15(20)16(2)13-8-6-5-7-12(13)14(18)19/h4-8H,1,9-11H2,2-3H3,(H,18,19). The maximum atomic E-state index is 12.5. The van der Waals surface area contributed by atoms with Crippen molar-refractivity contribution in [3.63, 3.8) is 0 Å². The Balaban J connectivity index is 2.99. The molecule has 0 aliphatic carbocycles. The summed E-state index contributed by atoms with van der Waals surface area (Å²) in [6, 6.07) is 6.08. The highest BCUT2D eigenvalue weighted by Gasteiger charge is 2.21. The first-order chi connectivity index (χ1) is 10.0. The average molecular weight is 292 g/mol. The number of carboxylic acids is 1. The van der Waals surface area contributed by atoms with Gasteiger partial charge in [0.15, 0.2) is 0 Å². The van der Waals surface area contributed by atoms with Gasteiger partial charge in [-0.25, -0.2) is 9.59 Å². The van der Waals surface area contributed by atoms with E-state index in [1.54, 1.807) is 38.4 Å². The summed E-state index contributed by atoms with van der Waals surface area (Å²) in [4.78, 5) is 26.6. The van der Waals surface area contributed by atoms with Crippen LogP contribution in [0.4, 0.5) is 10.5 Å². The minimum atomic E-state index is -1.07. The molecule has 1 aromatic rings. The molecule has 0 radical (unpaired) electrons. The van der Waals surface area contributed by atoms with Gasteiger partial charge in [0.2, 0.25) is 0 Å². The Kier molecular flexibility index (Phi) is 6.42. The van der Waals surface area contributed by atoms with E-state index in [4.69, 9.17) is 4.74 Å². The molecule has 1 N–H and O–H groups in total. The fourth-order valence-electron chi connectivity index (χ4n) is 1.88. The van der Waals surface area contributed by atoms with Crippen molar-refractivity contribution in [2.75, 3.05) is 38.8 Å². The van der Waals surface area contributed by atoms with Crippen molar-refractivity contribution in [3.8, 4) is 0 Å². The van der Waals surface area contributed by atoms with E-state index in [-0.39, 0.29) is 11.6 Å². The molecule has 0 aliphatic heterocycles. The molecule has 0 saturated carbocycles. The topological polar surface area (TPSA) is 70.1 Å². The smallest absolute Gasteiger partial charge is 0.337 e. The van der Waals surface area contributed by atoms with E-state index in [1.807, 2.05) is 0 Å². The van der Waals surface area contributed by atoms with Crippen LogP contribution in [0.1, 0.15) is 10.4 Å². The number of ether oxygens (including phenoxy) is 1. The zero-order valence-electron chi connectivity index (χ0n) is 12.3. The number of methoxy groups -OCH3 is 1. The molecule has 0 spiro atoms. The van der Waals surface area contributed by atoms with Crippen molar-refractivity contribution in [1.29, 1.82) is 0 Å². The maximum absolute atomic E-state index is 12.5. The number of amides is 2. The summed E-state index contributed by atoms with van der Waals surface area (Å²) < 4.78 is 4.98. The van der Waals surface area contributed by atoms with Gasteiger partial charge in [0, 0.05) is 27.2 Å². The highest BCUT2D eigenvalue weighted by molar-refractivity contribution is 6.01. The van der Waals surface area contributed by atoms with Gasteiger partial charge in [0.25, 0.3) is 0 Å². The molecule has 0 unspecified atom stereocenters. The number of para-hydroxylation sites is 1. The maximum Gasteiger partial charge on any atom is 0.337 e. The minimum absolute atomic E-state index is 0.0821. The van der Waals surface area contributed by atoms with Gasteiger partial charge in [-0.2, -0.15) is 0 Å². The van der Waals surface area contributed by atoms with Crippen molar-refractivity contribution in [2.45, 2.75) is 0 Å². The monoisotopic (exact) mass is 292 g/mol. The molecule has 0 bridgehead atoms. The lowest BCUT2D eigenvalue weighted by atomic mass is 10.1. The molecule has 2 amide bonds. The number of carbonyl (C=O) groups excluding carboxylic acids is 1. The lowest BCUT2D eigenvalue weighted by Gasteiger charge is -2.28. The normalized spacial score (nSPS) is 10.0. The van der Waals surface area contributed by atoms with Crippen LogP contribution in [-0.2, 0) is 4.74 Å². The van der Waals surface area contributed by atoms with Crippen molar-refractivity contribution >= 4 is 17.7 Å². The summed E-state index contributed by atoms with van der Waals surface area (Å²) in [6.07, 6.45) is 1.62. The van der Waals surface area contributed by atoms with E-state index in [2.05, 4.69) is 6.58 Å². The second kappa shape index (κ2) is 8.06. The molecule has 0 heterocycles. The van der Waals surface area contributed by atoms with Crippen LogP contribution in [0, 0.1) is 0 Å². The van der Waals surface area contributed by atoms with E-state index in [0.29, 0.717) is 25.4 Å². The number of carbonyl (C=O) groups is 2. The van der Waals surface area contributed by atoms with Gasteiger partial charge in [0.05, 0.1) is 17.9 Å². The number of anilines is 1. The average Bonchev–Trinajstić information content (AvgIpc) is 2.50. The predicted molar refractivity (Wildman–Crippen MR) is 80.8 cm³/mol. The highest BCUT2D eigenvalue weighted by atomic mass is 16.5. The SMILES string of the molecule is C=CCN(CCOC)C(=O)N(C)c1ccccc1C(=O)O. The molecule has 0 saturated heterocycles. The first-order valence-electron chi connectivity index (χ1n) is 6.47. The zero-order chi connectivity index (χ0) is 15.8. The van der Waals surface area contributed by atoms with E-state index in [0.717, 1.165) is 0 Å². The first-order valence-corrected chi connectivity index (χ1v) is 6.47. The van der Waals surface area contributed by atoms with Crippen LogP contribution in [0.15, 0.2) is 36.9 Å². The minimum Gasteiger partial charge on any atom is -0.478 e. The van der Waals surface area contributed by atoms with E-state index in [9.17, 15) is 14.7 Å². The molecule has 1 aromatic carbocycles. The number of aromatic carboxylic acids is 1. The molecule has 21 heavy (non-hydrogen) atoms. The van der Waals surface area contributed by atoms with Gasteiger partial charge in [-0.15, -0.1) is 6.58 Å². The van der Waals surface area contributed by atoms with E-state index in [1.165, 1.54) is 15.9 Å². The van der Waals surface area contributed by atoms with Gasteiger partial charge in [-0.1, -0.05) is 18.2 Å². The van der Waals surface area contributed by atoms with Crippen molar-refractivity contribution in [3.05, 3.63) is 42.5 Å². The fourth-order valence-corrected chi connectivity index (χ4v) is 1.88. The number of rotatable bonds is 7. The van der Waals surface area contributed by atoms with Crippen LogP contribution in [-0.4, -0.2) is 55.9 Å². The predicted octanol–water partition coefficient (Wildman–Crippen LogP) is 2.08. The summed E-state index contributed by atoms with van der Waals surface area (Å²) in [6.45, 7) is 4.78. The molecule has 114 valence electrons. The van der Waals surface area contributed by atoms with Crippen LogP contribution in [0.2, 0.25) is 0 Å². The lowest BCUT2D eigenvalue weighted by Crippen LogP contribution is -2.43. The fraction of sp³-hybridized carbons (Fsp3) is 0.333. The number of benzene rings is 1.